The summed E-state index contributed by atoms with van der Waals surface area (Å²) >= 11 is 0. The third kappa shape index (κ3) is 4.01. The van der Waals surface area contributed by atoms with Crippen molar-refractivity contribution in [2.75, 3.05) is 43.4 Å². The number of Topliss-reactive ketones (excluding diaryl/α,β-unsaturated/α-hetero) is 1. The minimum atomic E-state index is -0.406. The van der Waals surface area contributed by atoms with E-state index in [1.165, 1.54) is 17.2 Å². The lowest BCUT2D eigenvalue weighted by molar-refractivity contribution is 0.101. The summed E-state index contributed by atoms with van der Waals surface area (Å²) < 4.78 is 1.38. The van der Waals surface area contributed by atoms with Crippen LogP contribution in [0.2, 0.25) is 0 Å². The predicted molar refractivity (Wildman–Crippen MR) is 129 cm³/mol. The molecule has 1 fully saturated rings. The summed E-state index contributed by atoms with van der Waals surface area (Å²) in [5.74, 6) is 0.0845. The summed E-state index contributed by atoms with van der Waals surface area (Å²) in [5.41, 5.74) is 3.27. The normalized spacial score (nSPS) is 14.6. The molecule has 8 nitrogen and oxygen atoms in total. The number of anilines is 3. The Morgan fingerprint density at radius 1 is 1.09 bits per heavy atom. The highest BCUT2D eigenvalue weighted by molar-refractivity contribution is 6.00. The van der Waals surface area contributed by atoms with Gasteiger partial charge in [-0.25, -0.2) is 4.98 Å². The minimum Gasteiger partial charge on any atom is -0.369 e. The van der Waals surface area contributed by atoms with E-state index in [0.29, 0.717) is 28.2 Å². The fraction of sp³-hybridized carbons (Fsp3) is 0.333. The van der Waals surface area contributed by atoms with Crippen molar-refractivity contribution in [2.24, 2.45) is 0 Å². The quantitative estimate of drug-likeness (QED) is 0.620. The van der Waals surface area contributed by atoms with Crippen molar-refractivity contribution in [3.63, 3.8) is 0 Å². The molecular weight excluding hydrogens is 404 g/mol. The zero-order valence-electron chi connectivity index (χ0n) is 19.0. The lowest BCUT2D eigenvalue weighted by Gasteiger charge is -2.34. The lowest BCUT2D eigenvalue weighted by Crippen LogP contribution is -2.44. The first-order valence-electron chi connectivity index (χ1n) is 10.7. The van der Waals surface area contributed by atoms with Crippen LogP contribution in [0.4, 0.5) is 17.3 Å². The van der Waals surface area contributed by atoms with Crippen molar-refractivity contribution in [1.29, 1.82) is 0 Å². The van der Waals surface area contributed by atoms with E-state index in [0.717, 1.165) is 31.9 Å². The molecule has 2 aromatic heterocycles. The molecule has 0 radical (unpaired) electrons. The number of aryl methyl sites for hydroxylation is 1. The van der Waals surface area contributed by atoms with Crippen molar-refractivity contribution in [1.82, 2.24) is 19.4 Å². The number of fused-ring (bicyclic) bond motifs is 1. The summed E-state index contributed by atoms with van der Waals surface area (Å²) in [5, 5.41) is 3.86. The number of hydrogen-bond acceptors (Lipinski definition) is 7. The third-order valence-corrected chi connectivity index (χ3v) is 5.90. The monoisotopic (exact) mass is 432 g/mol. The lowest BCUT2D eigenvalue weighted by atomic mass is 10.0. The molecule has 32 heavy (non-hydrogen) atoms. The molecular formula is C24H28N6O2. The van der Waals surface area contributed by atoms with Crippen LogP contribution in [0.15, 0.2) is 41.8 Å². The summed E-state index contributed by atoms with van der Waals surface area (Å²) in [6, 6.07) is 8.16. The Bertz CT molecular complexity index is 1250. The number of nitrogens with zero attached hydrogens (tertiary/aromatic N) is 5. The van der Waals surface area contributed by atoms with Gasteiger partial charge in [-0.15, -0.1) is 0 Å². The number of hydrogen-bond donors (Lipinski definition) is 1. The van der Waals surface area contributed by atoms with Crippen LogP contribution in [0.3, 0.4) is 0 Å². The van der Waals surface area contributed by atoms with Gasteiger partial charge in [0.25, 0.3) is 5.56 Å². The summed E-state index contributed by atoms with van der Waals surface area (Å²) in [7, 11) is 2.14. The van der Waals surface area contributed by atoms with Crippen LogP contribution in [0, 0.1) is 6.92 Å². The van der Waals surface area contributed by atoms with Gasteiger partial charge >= 0.3 is 0 Å². The van der Waals surface area contributed by atoms with E-state index in [-0.39, 0.29) is 11.3 Å². The zero-order chi connectivity index (χ0) is 23.0. The second-order valence-corrected chi connectivity index (χ2v) is 8.33. The summed E-state index contributed by atoms with van der Waals surface area (Å²) in [4.78, 5) is 38.7. The Hall–Kier alpha value is -3.52. The molecule has 8 heteroatoms. The van der Waals surface area contributed by atoms with Crippen molar-refractivity contribution >= 4 is 39.8 Å². The topological polar surface area (TPSA) is 83.4 Å². The molecule has 0 amide bonds. The number of aromatic nitrogens is 3. The molecule has 1 aromatic carbocycles. The average Bonchev–Trinajstić information content (AvgIpc) is 2.74. The number of pyridine rings is 1. The molecule has 0 unspecified atom stereocenters. The maximum atomic E-state index is 13.0. The SMILES string of the molecule is C=C(C)n1c(=O)c(C(C)=O)c(C)c2cnc(Nc3ccc(N4CCN(C)CC4)cc3)nc21. The van der Waals surface area contributed by atoms with Crippen LogP contribution in [0.5, 0.6) is 0 Å². The second-order valence-electron chi connectivity index (χ2n) is 8.33. The van der Waals surface area contributed by atoms with Gasteiger partial charge in [-0.05, 0) is 57.6 Å². The van der Waals surface area contributed by atoms with Crippen LogP contribution in [0.25, 0.3) is 16.7 Å². The van der Waals surface area contributed by atoms with Crippen LogP contribution in [0.1, 0.15) is 29.8 Å². The first-order valence-corrected chi connectivity index (χ1v) is 10.7. The van der Waals surface area contributed by atoms with Gasteiger partial charge in [0.1, 0.15) is 0 Å². The van der Waals surface area contributed by atoms with E-state index in [2.05, 4.69) is 50.8 Å². The highest BCUT2D eigenvalue weighted by atomic mass is 16.1. The minimum absolute atomic E-state index is 0.143. The molecule has 0 saturated carbocycles. The van der Waals surface area contributed by atoms with Crippen LogP contribution in [-0.2, 0) is 0 Å². The predicted octanol–water partition coefficient (Wildman–Crippen LogP) is 3.29. The Labute approximate surface area is 187 Å². The van der Waals surface area contributed by atoms with E-state index in [4.69, 9.17) is 0 Å². The largest absolute Gasteiger partial charge is 0.369 e. The number of piperazine rings is 1. The fourth-order valence-electron chi connectivity index (χ4n) is 4.09. The van der Waals surface area contributed by atoms with Gasteiger partial charge in [0.2, 0.25) is 5.95 Å². The molecule has 1 N–H and O–H groups in total. The van der Waals surface area contributed by atoms with Crippen molar-refractivity contribution in [3.05, 3.63) is 58.5 Å². The molecule has 1 saturated heterocycles. The molecule has 3 heterocycles. The zero-order valence-corrected chi connectivity index (χ0v) is 19.0. The number of carbonyl (C=O) groups excluding carboxylic acids is 1. The molecule has 3 aromatic rings. The highest BCUT2D eigenvalue weighted by Crippen LogP contribution is 2.24. The Morgan fingerprint density at radius 2 is 1.75 bits per heavy atom. The number of ketones is 1. The van der Waals surface area contributed by atoms with E-state index in [1.807, 2.05) is 12.1 Å². The number of likely N-dealkylation sites (N-methyl/N-ethyl adjacent to an activating group) is 1. The summed E-state index contributed by atoms with van der Waals surface area (Å²) in [6.07, 6.45) is 1.64. The number of nitrogens with one attached hydrogen (secondary N) is 1. The molecule has 0 bridgehead atoms. The summed E-state index contributed by atoms with van der Waals surface area (Å²) in [6.45, 7) is 12.9. The van der Waals surface area contributed by atoms with Gasteiger partial charge < -0.3 is 15.1 Å². The maximum absolute atomic E-state index is 13.0. The van der Waals surface area contributed by atoms with Crippen molar-refractivity contribution in [2.45, 2.75) is 20.8 Å². The van der Waals surface area contributed by atoms with Gasteiger partial charge in [-0.3, -0.25) is 14.2 Å². The van der Waals surface area contributed by atoms with E-state index >= 15 is 0 Å². The molecule has 0 atom stereocenters. The van der Waals surface area contributed by atoms with Crippen molar-refractivity contribution < 1.29 is 4.79 Å². The van der Waals surface area contributed by atoms with Gasteiger partial charge in [0, 0.05) is 54.8 Å². The number of rotatable bonds is 5. The standard InChI is InChI=1S/C24H28N6O2/c1-15(2)30-22-20(16(3)21(17(4)31)23(30)32)14-25-24(27-22)26-18-6-8-19(9-7-18)29-12-10-28(5)11-13-29/h6-9,14H,1,10-13H2,2-5H3,(H,25,26,27). The smallest absolute Gasteiger partial charge is 0.267 e. The molecule has 0 aliphatic carbocycles. The first kappa shape index (κ1) is 21.7. The van der Waals surface area contributed by atoms with Crippen LogP contribution < -0.4 is 15.8 Å². The van der Waals surface area contributed by atoms with E-state index < -0.39 is 5.56 Å². The van der Waals surface area contributed by atoms with Gasteiger partial charge in [-0.1, -0.05) is 6.58 Å². The van der Waals surface area contributed by atoms with Gasteiger partial charge in [0.15, 0.2) is 11.4 Å². The molecule has 0 spiro atoms. The molecule has 4 rings (SSSR count). The Morgan fingerprint density at radius 3 is 2.34 bits per heavy atom. The number of carbonyl (C=O) groups is 1. The van der Waals surface area contributed by atoms with Crippen molar-refractivity contribution in [3.8, 4) is 0 Å². The average molecular weight is 433 g/mol. The van der Waals surface area contributed by atoms with Gasteiger partial charge in [0.05, 0.1) is 5.56 Å². The number of benzene rings is 1. The molecule has 1 aliphatic heterocycles. The van der Waals surface area contributed by atoms with Crippen LogP contribution >= 0.6 is 0 Å². The Balaban J connectivity index is 1.66. The highest BCUT2D eigenvalue weighted by Gasteiger charge is 2.19. The van der Waals surface area contributed by atoms with Crippen LogP contribution in [-0.4, -0.2) is 58.4 Å². The molecule has 1 aliphatic rings. The Kier molecular flexibility index (Phi) is 5.80. The van der Waals surface area contributed by atoms with Gasteiger partial charge in [-0.2, -0.15) is 4.98 Å². The van der Waals surface area contributed by atoms with E-state index in [9.17, 15) is 9.59 Å². The third-order valence-electron chi connectivity index (χ3n) is 5.90. The second kappa shape index (κ2) is 8.55. The molecule has 166 valence electrons. The fourth-order valence-corrected chi connectivity index (χ4v) is 4.09. The number of allylic oxidation sites excluding steroid dienone is 1. The maximum Gasteiger partial charge on any atom is 0.267 e. The first-order chi connectivity index (χ1) is 15.3. The van der Waals surface area contributed by atoms with E-state index in [1.54, 1.807) is 20.0 Å².